The Morgan fingerprint density at radius 3 is 1.12 bits per heavy atom. The van der Waals surface area contributed by atoms with Crippen molar-refractivity contribution in [2.24, 2.45) is 47.3 Å². The van der Waals surface area contributed by atoms with E-state index in [9.17, 15) is 8.78 Å². The molecule has 0 aliphatic heterocycles. The molecule has 4 fully saturated rings. The zero-order valence-electron chi connectivity index (χ0n) is 30.3. The highest BCUT2D eigenvalue weighted by Crippen LogP contribution is 2.51. The largest absolute Gasteiger partial charge is 0.365 e. The first-order valence-corrected chi connectivity index (χ1v) is 20.4. The SMILES string of the molecule is CCCC1CCC(C2CCC(C(OC(c3ccc(F)cc3F)C3CCC(C4CCC(CCC)CC4)CC3)c3ccc(F)cc3F)CC2)CC1. The minimum Gasteiger partial charge on any atom is -0.365 e. The number of rotatable bonds is 12. The third kappa shape index (κ3) is 9.32. The van der Waals surface area contributed by atoms with Crippen LogP contribution in [-0.2, 0) is 4.74 Å². The molecule has 1 nitrogen and oxygen atoms in total. The maximum atomic E-state index is 15.6. The Bertz CT molecular complexity index is 1200. The van der Waals surface area contributed by atoms with Gasteiger partial charge in [0.05, 0.1) is 12.2 Å². The Morgan fingerprint density at radius 1 is 0.490 bits per heavy atom. The summed E-state index contributed by atoms with van der Waals surface area (Å²) in [6.07, 6.45) is 22.8. The van der Waals surface area contributed by atoms with Crippen LogP contribution in [0.5, 0.6) is 0 Å². The molecule has 5 heteroatoms. The van der Waals surface area contributed by atoms with Gasteiger partial charge in [-0.25, -0.2) is 17.6 Å². The van der Waals surface area contributed by atoms with Gasteiger partial charge < -0.3 is 4.74 Å². The van der Waals surface area contributed by atoms with Crippen LogP contribution in [0.15, 0.2) is 36.4 Å². The van der Waals surface area contributed by atoms with Crippen molar-refractivity contribution in [1.82, 2.24) is 0 Å². The van der Waals surface area contributed by atoms with Crippen LogP contribution in [-0.4, -0.2) is 0 Å². The summed E-state index contributed by atoms with van der Waals surface area (Å²) in [5.41, 5.74) is 0.741. The van der Waals surface area contributed by atoms with E-state index in [0.29, 0.717) is 23.0 Å². The lowest BCUT2D eigenvalue weighted by Gasteiger charge is -2.43. The molecule has 0 N–H and O–H groups in total. The lowest BCUT2D eigenvalue weighted by Crippen LogP contribution is -2.32. The van der Waals surface area contributed by atoms with E-state index in [2.05, 4.69) is 13.8 Å². The molecule has 0 aromatic heterocycles. The highest BCUT2D eigenvalue weighted by Gasteiger charge is 2.40. The molecule has 0 amide bonds. The first-order valence-electron chi connectivity index (χ1n) is 20.4. The molecule has 4 aliphatic carbocycles. The van der Waals surface area contributed by atoms with E-state index in [1.54, 1.807) is 12.1 Å². The van der Waals surface area contributed by atoms with Crippen molar-refractivity contribution in [2.45, 2.75) is 154 Å². The van der Waals surface area contributed by atoms with Gasteiger partial charge in [-0.1, -0.05) is 77.3 Å². The van der Waals surface area contributed by atoms with Gasteiger partial charge in [0.1, 0.15) is 23.3 Å². The maximum absolute atomic E-state index is 15.6. The zero-order chi connectivity index (χ0) is 34.3. The van der Waals surface area contributed by atoms with Crippen molar-refractivity contribution in [3.8, 4) is 0 Å². The van der Waals surface area contributed by atoms with Crippen LogP contribution >= 0.6 is 0 Å². The number of ether oxygens (including phenoxy) is 1. The van der Waals surface area contributed by atoms with Crippen LogP contribution in [0.2, 0.25) is 0 Å². The Balaban J connectivity index is 1.19. The van der Waals surface area contributed by atoms with Crippen LogP contribution < -0.4 is 0 Å². The van der Waals surface area contributed by atoms with E-state index in [-0.39, 0.29) is 11.8 Å². The highest BCUT2D eigenvalue weighted by atomic mass is 19.1. The number of hydrogen-bond acceptors (Lipinski definition) is 1. The fourth-order valence-electron chi connectivity index (χ4n) is 11.1. The van der Waals surface area contributed by atoms with Crippen molar-refractivity contribution in [3.63, 3.8) is 0 Å². The summed E-state index contributed by atoms with van der Waals surface area (Å²) in [4.78, 5) is 0. The van der Waals surface area contributed by atoms with Gasteiger partial charge in [0.2, 0.25) is 0 Å². The third-order valence-electron chi connectivity index (χ3n) is 13.8. The molecule has 2 aromatic rings. The summed E-state index contributed by atoms with van der Waals surface area (Å²) in [6.45, 7) is 4.57. The minimum absolute atomic E-state index is 0.0632. The fourth-order valence-corrected chi connectivity index (χ4v) is 11.1. The summed E-state index contributed by atoms with van der Waals surface area (Å²) >= 11 is 0. The average molecular weight is 683 g/mol. The highest BCUT2D eigenvalue weighted by molar-refractivity contribution is 5.25. The van der Waals surface area contributed by atoms with Gasteiger partial charge in [0, 0.05) is 23.3 Å². The molecule has 6 rings (SSSR count). The maximum Gasteiger partial charge on any atom is 0.131 e. The summed E-state index contributed by atoms with van der Waals surface area (Å²) in [6, 6.07) is 7.65. The molecular formula is C44H62F4O. The summed E-state index contributed by atoms with van der Waals surface area (Å²) in [5.74, 6) is 2.42. The lowest BCUT2D eigenvalue weighted by molar-refractivity contribution is -0.0959. The molecule has 272 valence electrons. The van der Waals surface area contributed by atoms with E-state index < -0.39 is 35.5 Å². The number of halogens is 4. The van der Waals surface area contributed by atoms with E-state index >= 15 is 8.78 Å². The fraction of sp³-hybridized carbons (Fsp3) is 0.727. The van der Waals surface area contributed by atoms with E-state index in [4.69, 9.17) is 4.74 Å². The number of benzene rings is 2. The average Bonchev–Trinajstić information content (AvgIpc) is 3.11. The quantitative estimate of drug-likeness (QED) is 0.203. The predicted octanol–water partition coefficient (Wildman–Crippen LogP) is 13.9. The van der Waals surface area contributed by atoms with Gasteiger partial charge in [-0.15, -0.1) is 0 Å². The van der Waals surface area contributed by atoms with Crippen molar-refractivity contribution < 1.29 is 22.3 Å². The van der Waals surface area contributed by atoms with Crippen LogP contribution in [0.4, 0.5) is 17.6 Å². The summed E-state index contributed by atoms with van der Waals surface area (Å²) in [5, 5.41) is 0. The van der Waals surface area contributed by atoms with Gasteiger partial charge in [0.15, 0.2) is 0 Å². The molecule has 0 spiro atoms. The molecule has 0 radical (unpaired) electrons. The van der Waals surface area contributed by atoms with E-state index in [1.807, 2.05) is 0 Å². The normalized spacial score (nSPS) is 32.4. The molecule has 2 atom stereocenters. The Morgan fingerprint density at radius 2 is 0.816 bits per heavy atom. The smallest absolute Gasteiger partial charge is 0.131 e. The second-order valence-electron chi connectivity index (χ2n) is 16.8. The van der Waals surface area contributed by atoms with E-state index in [0.717, 1.165) is 87.2 Å². The molecular weight excluding hydrogens is 620 g/mol. The minimum atomic E-state index is -0.608. The molecule has 2 unspecified atom stereocenters. The summed E-state index contributed by atoms with van der Waals surface area (Å²) in [7, 11) is 0. The standard InChI is InChI=1S/C44H62F4O/c1-3-5-29-7-11-31(12-8-29)33-15-19-35(20-16-33)43(39-25-23-37(45)27-41(39)47)49-44(40-26-24-38(46)28-42(40)48)36-21-17-34(18-22-36)32-13-9-30(6-4-2)10-14-32/h23-36,43-44H,3-22H2,1-2H3. The van der Waals surface area contributed by atoms with Crippen LogP contribution in [0.3, 0.4) is 0 Å². The second kappa shape index (κ2) is 17.6. The van der Waals surface area contributed by atoms with E-state index in [1.165, 1.54) is 89.2 Å². The molecule has 0 heterocycles. The molecule has 2 aromatic carbocycles. The van der Waals surface area contributed by atoms with Crippen LogP contribution in [0.25, 0.3) is 0 Å². The van der Waals surface area contributed by atoms with Gasteiger partial charge >= 0.3 is 0 Å². The monoisotopic (exact) mass is 682 g/mol. The number of hydrogen-bond donors (Lipinski definition) is 0. The molecule has 4 aliphatic rings. The lowest BCUT2D eigenvalue weighted by atomic mass is 9.67. The Hall–Kier alpha value is -1.88. The molecule has 4 saturated carbocycles. The van der Waals surface area contributed by atoms with Gasteiger partial charge in [-0.2, -0.15) is 0 Å². The van der Waals surface area contributed by atoms with Crippen molar-refractivity contribution in [3.05, 3.63) is 70.8 Å². The second-order valence-corrected chi connectivity index (χ2v) is 16.8. The topological polar surface area (TPSA) is 9.23 Å². The van der Waals surface area contributed by atoms with Crippen LogP contribution in [0.1, 0.15) is 166 Å². The molecule has 0 saturated heterocycles. The third-order valence-corrected chi connectivity index (χ3v) is 13.8. The van der Waals surface area contributed by atoms with Crippen molar-refractivity contribution in [2.75, 3.05) is 0 Å². The zero-order valence-corrected chi connectivity index (χ0v) is 30.3. The molecule has 0 bridgehead atoms. The Kier molecular flexibility index (Phi) is 13.2. The van der Waals surface area contributed by atoms with Gasteiger partial charge in [-0.05, 0) is 137 Å². The summed E-state index contributed by atoms with van der Waals surface area (Å²) < 4.78 is 66.7. The van der Waals surface area contributed by atoms with Crippen molar-refractivity contribution in [1.29, 1.82) is 0 Å². The predicted molar refractivity (Wildman–Crippen MR) is 191 cm³/mol. The first-order chi connectivity index (χ1) is 23.8. The van der Waals surface area contributed by atoms with Crippen LogP contribution in [0, 0.1) is 70.6 Å². The van der Waals surface area contributed by atoms with Gasteiger partial charge in [-0.3, -0.25) is 0 Å². The molecule has 49 heavy (non-hydrogen) atoms. The first kappa shape index (κ1) is 36.9. The van der Waals surface area contributed by atoms with Crippen molar-refractivity contribution >= 4 is 0 Å². The van der Waals surface area contributed by atoms with Gasteiger partial charge in [0.25, 0.3) is 0 Å². The Labute approximate surface area is 294 Å².